The van der Waals surface area contributed by atoms with E-state index in [2.05, 4.69) is 16.0 Å². The first-order chi connectivity index (χ1) is 13.0. The molecule has 2 aromatic carbocycles. The molecule has 0 radical (unpaired) electrons. The van der Waals surface area contributed by atoms with Crippen molar-refractivity contribution in [2.45, 2.75) is 13.0 Å². The second kappa shape index (κ2) is 7.62. The van der Waals surface area contributed by atoms with Gasteiger partial charge in [0.25, 0.3) is 0 Å². The van der Waals surface area contributed by atoms with E-state index in [1.807, 2.05) is 24.3 Å². The van der Waals surface area contributed by atoms with E-state index in [4.69, 9.17) is 14.6 Å². The Balaban J connectivity index is 2.08. The molecule has 7 nitrogen and oxygen atoms in total. The Morgan fingerprint density at radius 1 is 1.30 bits per heavy atom. The Hall–Kier alpha value is -3.79. The number of fused-ring (bicyclic) bond motifs is 1. The van der Waals surface area contributed by atoms with E-state index in [1.54, 1.807) is 24.3 Å². The maximum Gasteiger partial charge on any atom is 0.344 e. The number of aromatic nitrogens is 2. The molecule has 0 saturated heterocycles. The Morgan fingerprint density at radius 2 is 2.07 bits per heavy atom. The first-order valence-electron chi connectivity index (χ1n) is 8.17. The van der Waals surface area contributed by atoms with E-state index in [-0.39, 0.29) is 11.3 Å². The largest absolute Gasteiger partial charge is 0.493 e. The van der Waals surface area contributed by atoms with E-state index in [9.17, 15) is 10.1 Å². The fourth-order valence-corrected chi connectivity index (χ4v) is 2.55. The Bertz CT molecular complexity index is 1030. The number of allylic oxidation sites excluding steroid dienone is 1. The van der Waals surface area contributed by atoms with Gasteiger partial charge in [-0.05, 0) is 31.2 Å². The fourth-order valence-electron chi connectivity index (χ4n) is 2.55. The number of benzene rings is 2. The normalized spacial score (nSPS) is 12.4. The summed E-state index contributed by atoms with van der Waals surface area (Å²) in [6, 6.07) is 14.7. The molecule has 0 spiro atoms. The van der Waals surface area contributed by atoms with E-state index in [0.29, 0.717) is 17.1 Å². The van der Waals surface area contributed by atoms with E-state index >= 15 is 0 Å². The number of rotatable bonds is 6. The molecule has 7 heteroatoms. The van der Waals surface area contributed by atoms with Gasteiger partial charge in [-0.3, -0.25) is 0 Å². The van der Waals surface area contributed by atoms with Crippen LogP contribution in [-0.4, -0.2) is 34.3 Å². The third-order valence-electron chi connectivity index (χ3n) is 3.94. The molecular weight excluding hydrogens is 346 g/mol. The first-order valence-corrected chi connectivity index (χ1v) is 8.17. The van der Waals surface area contributed by atoms with Crippen molar-refractivity contribution in [1.29, 1.82) is 5.26 Å². The fraction of sp³-hybridized carbons (Fsp3) is 0.150. The number of hydrogen-bond donors (Lipinski definition) is 2. The van der Waals surface area contributed by atoms with E-state index < -0.39 is 12.1 Å². The highest BCUT2D eigenvalue weighted by Crippen LogP contribution is 2.34. The first kappa shape index (κ1) is 18.0. The molecule has 1 atom stereocenters. The van der Waals surface area contributed by atoms with Crippen molar-refractivity contribution >= 4 is 28.7 Å². The minimum atomic E-state index is -1.10. The van der Waals surface area contributed by atoms with Gasteiger partial charge >= 0.3 is 5.97 Å². The zero-order chi connectivity index (χ0) is 19.4. The van der Waals surface area contributed by atoms with Crippen LogP contribution in [0.1, 0.15) is 18.3 Å². The van der Waals surface area contributed by atoms with Crippen molar-refractivity contribution < 1.29 is 19.4 Å². The quantitative estimate of drug-likeness (QED) is 0.649. The molecule has 0 aliphatic carbocycles. The summed E-state index contributed by atoms with van der Waals surface area (Å²) < 4.78 is 10.8. The minimum Gasteiger partial charge on any atom is -0.493 e. The number of ether oxygens (including phenoxy) is 2. The molecule has 2 N–H and O–H groups in total. The van der Waals surface area contributed by atoms with Gasteiger partial charge in [0.1, 0.15) is 11.9 Å². The van der Waals surface area contributed by atoms with Crippen LogP contribution in [0.3, 0.4) is 0 Å². The molecule has 0 aliphatic rings. The number of nitriles is 1. The van der Waals surface area contributed by atoms with Gasteiger partial charge in [-0.15, -0.1) is 0 Å². The number of hydrogen-bond acceptors (Lipinski definition) is 5. The van der Waals surface area contributed by atoms with Gasteiger partial charge in [-0.25, -0.2) is 9.78 Å². The molecule has 0 unspecified atom stereocenters. The lowest BCUT2D eigenvalue weighted by atomic mass is 10.1. The van der Waals surface area contributed by atoms with Crippen molar-refractivity contribution in [2.75, 3.05) is 7.11 Å². The standard InChI is InChI=1S/C20H17N3O4/c1-12(20(24)25)27-18-13(6-5-9-17(18)26-2)10-14(11-21)19-22-15-7-3-4-8-16(15)23-19/h3-10,12H,1-2H3,(H,22,23)(H,24,25)/b14-10+/t12-/m0/s1. The summed E-state index contributed by atoms with van der Waals surface area (Å²) in [7, 11) is 1.46. The van der Waals surface area contributed by atoms with Crippen molar-refractivity contribution in [3.8, 4) is 17.6 Å². The van der Waals surface area contributed by atoms with Crippen molar-refractivity contribution in [3.63, 3.8) is 0 Å². The molecule has 3 aromatic rings. The molecule has 0 bridgehead atoms. The Morgan fingerprint density at radius 3 is 2.74 bits per heavy atom. The number of nitrogens with one attached hydrogen (secondary N) is 1. The van der Waals surface area contributed by atoms with Gasteiger partial charge in [0.15, 0.2) is 17.6 Å². The van der Waals surface area contributed by atoms with Gasteiger partial charge in [0, 0.05) is 5.56 Å². The lowest BCUT2D eigenvalue weighted by Crippen LogP contribution is -2.23. The van der Waals surface area contributed by atoms with Crippen LogP contribution in [0.25, 0.3) is 22.7 Å². The molecule has 1 heterocycles. The third-order valence-corrected chi connectivity index (χ3v) is 3.94. The highest BCUT2D eigenvalue weighted by Gasteiger charge is 2.19. The molecule has 0 saturated carbocycles. The summed E-state index contributed by atoms with van der Waals surface area (Å²) >= 11 is 0. The maximum absolute atomic E-state index is 11.2. The maximum atomic E-state index is 11.2. The average molecular weight is 363 g/mol. The molecule has 1 aromatic heterocycles. The van der Waals surface area contributed by atoms with Crippen molar-refractivity contribution in [2.24, 2.45) is 0 Å². The highest BCUT2D eigenvalue weighted by atomic mass is 16.5. The van der Waals surface area contributed by atoms with Gasteiger partial charge in [-0.1, -0.05) is 24.3 Å². The second-order valence-electron chi connectivity index (χ2n) is 5.75. The van der Waals surface area contributed by atoms with Crippen LogP contribution in [0.15, 0.2) is 42.5 Å². The summed E-state index contributed by atoms with van der Waals surface area (Å²) in [5.41, 5.74) is 2.36. The summed E-state index contributed by atoms with van der Waals surface area (Å²) in [5.74, 6) is -0.0649. The predicted octanol–water partition coefficient (Wildman–Crippen LogP) is 3.49. The van der Waals surface area contributed by atoms with Gasteiger partial charge in [-0.2, -0.15) is 5.26 Å². The monoisotopic (exact) mass is 363 g/mol. The predicted molar refractivity (Wildman–Crippen MR) is 100 cm³/mol. The number of carboxylic acids is 1. The zero-order valence-electron chi connectivity index (χ0n) is 14.8. The van der Waals surface area contributed by atoms with E-state index in [0.717, 1.165) is 11.0 Å². The lowest BCUT2D eigenvalue weighted by molar-refractivity contribution is -0.144. The summed E-state index contributed by atoms with van der Waals surface area (Å²) in [6.45, 7) is 1.42. The molecule has 0 fully saturated rings. The molecule has 27 heavy (non-hydrogen) atoms. The van der Waals surface area contributed by atoms with Crippen LogP contribution >= 0.6 is 0 Å². The van der Waals surface area contributed by atoms with Crippen LogP contribution < -0.4 is 9.47 Å². The van der Waals surface area contributed by atoms with Crippen LogP contribution in [-0.2, 0) is 4.79 Å². The van der Waals surface area contributed by atoms with Crippen LogP contribution in [0.4, 0.5) is 0 Å². The minimum absolute atomic E-state index is 0.249. The van der Waals surface area contributed by atoms with Gasteiger partial charge in [0.2, 0.25) is 0 Å². The second-order valence-corrected chi connectivity index (χ2v) is 5.75. The van der Waals surface area contributed by atoms with Crippen molar-refractivity contribution in [3.05, 3.63) is 53.9 Å². The van der Waals surface area contributed by atoms with Crippen LogP contribution in [0.2, 0.25) is 0 Å². The number of H-pyrrole nitrogens is 1. The van der Waals surface area contributed by atoms with Crippen LogP contribution in [0, 0.1) is 11.3 Å². The number of imidazole rings is 1. The lowest BCUT2D eigenvalue weighted by Gasteiger charge is -2.16. The zero-order valence-corrected chi connectivity index (χ0v) is 14.8. The molecule has 0 amide bonds. The Labute approximate surface area is 155 Å². The summed E-state index contributed by atoms with van der Waals surface area (Å²) in [5, 5.41) is 18.7. The number of methoxy groups -OCH3 is 1. The Kier molecular flexibility index (Phi) is 5.08. The smallest absolute Gasteiger partial charge is 0.344 e. The summed E-state index contributed by atoms with van der Waals surface area (Å²) in [4.78, 5) is 18.7. The third kappa shape index (κ3) is 3.75. The molecule has 136 valence electrons. The van der Waals surface area contributed by atoms with Gasteiger partial charge < -0.3 is 19.6 Å². The topological polar surface area (TPSA) is 108 Å². The van der Waals surface area contributed by atoms with Crippen molar-refractivity contribution in [1.82, 2.24) is 9.97 Å². The number of carbonyl (C=O) groups is 1. The summed E-state index contributed by atoms with van der Waals surface area (Å²) in [6.07, 6.45) is 0.509. The molecular formula is C20H17N3O4. The van der Waals surface area contributed by atoms with E-state index in [1.165, 1.54) is 14.0 Å². The molecule has 0 aliphatic heterocycles. The number of aromatic amines is 1. The highest BCUT2D eigenvalue weighted by molar-refractivity contribution is 5.91. The number of para-hydroxylation sites is 3. The number of nitrogens with zero attached hydrogens (tertiary/aromatic N) is 2. The molecule has 3 rings (SSSR count). The SMILES string of the molecule is COc1cccc(/C=C(\C#N)c2nc3ccccc3[nH]2)c1O[C@@H](C)C(=O)O. The van der Waals surface area contributed by atoms with Crippen LogP contribution in [0.5, 0.6) is 11.5 Å². The number of carboxylic acid groups (broad SMARTS) is 1. The average Bonchev–Trinajstić information content (AvgIpc) is 3.10. The van der Waals surface area contributed by atoms with Gasteiger partial charge in [0.05, 0.1) is 23.7 Å². The number of aliphatic carboxylic acids is 1.